The summed E-state index contributed by atoms with van der Waals surface area (Å²) in [5.74, 6) is 0.959. The molecule has 0 spiro atoms. The first-order chi connectivity index (χ1) is 7.22. The monoisotopic (exact) mass is 207 g/mol. The highest BCUT2D eigenvalue weighted by Gasteiger charge is 1.98. The molecule has 3 heteroatoms. The summed E-state index contributed by atoms with van der Waals surface area (Å²) >= 11 is 0. The first kappa shape index (κ1) is 12.0. The Labute approximate surface area is 92.3 Å². The lowest BCUT2D eigenvalue weighted by Crippen LogP contribution is -2.15. The van der Waals surface area contributed by atoms with Crippen molar-refractivity contribution in [3.63, 3.8) is 0 Å². The topological polar surface area (TPSA) is 37.0 Å². The van der Waals surface area contributed by atoms with Crippen molar-refractivity contribution in [3.05, 3.63) is 23.9 Å². The van der Waals surface area contributed by atoms with Gasteiger partial charge in [0.15, 0.2) is 0 Å². The van der Waals surface area contributed by atoms with Crippen molar-refractivity contribution >= 4 is 5.82 Å². The third-order valence-corrected chi connectivity index (χ3v) is 2.02. The Bertz CT molecular complexity index is 284. The quantitative estimate of drug-likeness (QED) is 0.703. The summed E-state index contributed by atoms with van der Waals surface area (Å²) < 4.78 is 0. The van der Waals surface area contributed by atoms with E-state index in [1.807, 2.05) is 12.3 Å². The summed E-state index contributed by atoms with van der Waals surface area (Å²) in [7, 11) is 0. The van der Waals surface area contributed by atoms with E-state index < -0.39 is 0 Å². The van der Waals surface area contributed by atoms with Gasteiger partial charge in [0, 0.05) is 18.8 Å². The molecule has 0 amide bonds. The number of nitrogens with zero attached hydrogens (tertiary/aromatic N) is 1. The summed E-state index contributed by atoms with van der Waals surface area (Å²) in [6.45, 7) is 8.39. The van der Waals surface area contributed by atoms with Gasteiger partial charge in [-0.2, -0.15) is 0 Å². The smallest absolute Gasteiger partial charge is 0.126 e. The van der Waals surface area contributed by atoms with Crippen LogP contribution >= 0.6 is 0 Å². The molecule has 1 rings (SSSR count). The lowest BCUT2D eigenvalue weighted by molar-refractivity contribution is 0.675. The molecule has 1 heterocycles. The van der Waals surface area contributed by atoms with E-state index in [0.29, 0.717) is 6.04 Å². The third-order valence-electron chi connectivity index (χ3n) is 2.02. The first-order valence-electron chi connectivity index (χ1n) is 5.64. The van der Waals surface area contributed by atoms with Crippen molar-refractivity contribution in [2.24, 2.45) is 0 Å². The maximum absolute atomic E-state index is 4.27. The fraction of sp³-hybridized carbons (Fsp3) is 0.583. The SMILES string of the molecule is CCCNCc1ccnc(NC(C)C)c1. The Morgan fingerprint density at radius 3 is 2.87 bits per heavy atom. The summed E-state index contributed by atoms with van der Waals surface area (Å²) in [5.41, 5.74) is 1.28. The standard InChI is InChI=1S/C12H21N3/c1-4-6-13-9-11-5-7-14-12(8-11)15-10(2)3/h5,7-8,10,13H,4,6,9H2,1-3H3,(H,14,15). The van der Waals surface area contributed by atoms with Crippen LogP contribution in [-0.4, -0.2) is 17.6 Å². The maximum atomic E-state index is 4.27. The molecule has 0 fully saturated rings. The van der Waals surface area contributed by atoms with Crippen molar-refractivity contribution in [2.45, 2.75) is 39.8 Å². The Morgan fingerprint density at radius 1 is 1.40 bits per heavy atom. The summed E-state index contributed by atoms with van der Waals surface area (Å²) in [4.78, 5) is 4.27. The molecule has 84 valence electrons. The highest BCUT2D eigenvalue weighted by molar-refractivity contribution is 5.38. The molecule has 0 bridgehead atoms. The summed E-state index contributed by atoms with van der Waals surface area (Å²) in [5, 5.41) is 6.67. The molecule has 0 aliphatic rings. The highest BCUT2D eigenvalue weighted by atomic mass is 15.0. The van der Waals surface area contributed by atoms with Gasteiger partial charge in [0.05, 0.1) is 0 Å². The van der Waals surface area contributed by atoms with Crippen LogP contribution in [0.5, 0.6) is 0 Å². The van der Waals surface area contributed by atoms with Gasteiger partial charge in [-0.3, -0.25) is 0 Å². The van der Waals surface area contributed by atoms with Crippen LogP contribution in [0, 0.1) is 0 Å². The molecule has 0 saturated carbocycles. The fourth-order valence-corrected chi connectivity index (χ4v) is 1.37. The Hall–Kier alpha value is -1.09. The van der Waals surface area contributed by atoms with Crippen LogP contribution in [0.15, 0.2) is 18.3 Å². The normalized spacial score (nSPS) is 10.7. The van der Waals surface area contributed by atoms with Gasteiger partial charge < -0.3 is 10.6 Å². The van der Waals surface area contributed by atoms with E-state index in [0.717, 1.165) is 18.9 Å². The zero-order valence-electron chi connectivity index (χ0n) is 9.88. The van der Waals surface area contributed by atoms with Crippen LogP contribution in [0.25, 0.3) is 0 Å². The van der Waals surface area contributed by atoms with Gasteiger partial charge in [0.25, 0.3) is 0 Å². The minimum atomic E-state index is 0.427. The van der Waals surface area contributed by atoms with Gasteiger partial charge in [-0.25, -0.2) is 4.98 Å². The lowest BCUT2D eigenvalue weighted by atomic mass is 10.2. The van der Waals surface area contributed by atoms with Crippen molar-refractivity contribution in [2.75, 3.05) is 11.9 Å². The molecule has 2 N–H and O–H groups in total. The van der Waals surface area contributed by atoms with Crippen LogP contribution in [0.4, 0.5) is 5.82 Å². The molecule has 15 heavy (non-hydrogen) atoms. The van der Waals surface area contributed by atoms with Crippen LogP contribution in [0.2, 0.25) is 0 Å². The molecule has 0 radical (unpaired) electrons. The average Bonchev–Trinajstić information content (AvgIpc) is 2.18. The van der Waals surface area contributed by atoms with Gasteiger partial charge in [-0.15, -0.1) is 0 Å². The van der Waals surface area contributed by atoms with Crippen LogP contribution in [-0.2, 0) is 6.54 Å². The predicted molar refractivity (Wildman–Crippen MR) is 65.0 cm³/mol. The number of rotatable bonds is 6. The maximum Gasteiger partial charge on any atom is 0.126 e. The molecule has 0 unspecified atom stereocenters. The predicted octanol–water partition coefficient (Wildman–Crippen LogP) is 2.40. The molecule has 0 aliphatic heterocycles. The molecule has 1 aromatic rings. The highest BCUT2D eigenvalue weighted by Crippen LogP contribution is 2.07. The van der Waals surface area contributed by atoms with Crippen LogP contribution in [0.3, 0.4) is 0 Å². The van der Waals surface area contributed by atoms with Gasteiger partial charge in [0.1, 0.15) is 5.82 Å². The third kappa shape index (κ3) is 4.79. The molecule has 3 nitrogen and oxygen atoms in total. The van der Waals surface area contributed by atoms with Crippen LogP contribution < -0.4 is 10.6 Å². The molecule has 0 saturated heterocycles. The Morgan fingerprint density at radius 2 is 2.20 bits per heavy atom. The van der Waals surface area contributed by atoms with E-state index in [1.54, 1.807) is 0 Å². The molecule has 1 aromatic heterocycles. The van der Waals surface area contributed by atoms with E-state index >= 15 is 0 Å². The second kappa shape index (κ2) is 6.40. The second-order valence-electron chi connectivity index (χ2n) is 4.03. The number of hydrogen-bond acceptors (Lipinski definition) is 3. The van der Waals surface area contributed by atoms with Gasteiger partial charge in [-0.1, -0.05) is 6.92 Å². The summed E-state index contributed by atoms with van der Waals surface area (Å²) in [6.07, 6.45) is 3.02. The van der Waals surface area contributed by atoms with Gasteiger partial charge >= 0.3 is 0 Å². The largest absolute Gasteiger partial charge is 0.368 e. The van der Waals surface area contributed by atoms with Crippen molar-refractivity contribution in [1.29, 1.82) is 0 Å². The van der Waals surface area contributed by atoms with Crippen molar-refractivity contribution in [3.8, 4) is 0 Å². The van der Waals surface area contributed by atoms with E-state index in [9.17, 15) is 0 Å². The van der Waals surface area contributed by atoms with E-state index in [2.05, 4.69) is 42.5 Å². The minimum Gasteiger partial charge on any atom is -0.368 e. The first-order valence-corrected chi connectivity index (χ1v) is 5.64. The Balaban J connectivity index is 2.50. The molecule has 0 aromatic carbocycles. The summed E-state index contributed by atoms with van der Waals surface area (Å²) in [6, 6.07) is 4.58. The van der Waals surface area contributed by atoms with E-state index in [4.69, 9.17) is 0 Å². The average molecular weight is 207 g/mol. The second-order valence-corrected chi connectivity index (χ2v) is 4.03. The number of hydrogen-bond donors (Lipinski definition) is 2. The Kier molecular flexibility index (Phi) is 5.12. The van der Waals surface area contributed by atoms with Crippen molar-refractivity contribution in [1.82, 2.24) is 10.3 Å². The minimum absolute atomic E-state index is 0.427. The zero-order valence-corrected chi connectivity index (χ0v) is 9.88. The lowest BCUT2D eigenvalue weighted by Gasteiger charge is -2.10. The van der Waals surface area contributed by atoms with Crippen molar-refractivity contribution < 1.29 is 0 Å². The number of aromatic nitrogens is 1. The fourth-order valence-electron chi connectivity index (χ4n) is 1.37. The molecule has 0 atom stereocenters. The van der Waals surface area contributed by atoms with Gasteiger partial charge in [0.2, 0.25) is 0 Å². The number of anilines is 1. The number of pyridine rings is 1. The molecular formula is C12H21N3. The van der Waals surface area contributed by atoms with Gasteiger partial charge in [-0.05, 0) is 44.5 Å². The van der Waals surface area contributed by atoms with E-state index in [1.165, 1.54) is 12.0 Å². The molecular weight excluding hydrogens is 186 g/mol. The molecule has 0 aliphatic carbocycles. The zero-order chi connectivity index (χ0) is 11.1. The van der Waals surface area contributed by atoms with Crippen LogP contribution in [0.1, 0.15) is 32.8 Å². The number of nitrogens with one attached hydrogen (secondary N) is 2. The van der Waals surface area contributed by atoms with E-state index in [-0.39, 0.29) is 0 Å².